The first-order valence-electron chi connectivity index (χ1n) is 6.18. The minimum atomic E-state index is -0.396. The number of likely N-dealkylation sites (tertiary alicyclic amines) is 1. The number of carbonyl (C=O) groups excluding carboxylic acids is 2. The van der Waals surface area contributed by atoms with Crippen LogP contribution in [-0.4, -0.2) is 39.6 Å². The summed E-state index contributed by atoms with van der Waals surface area (Å²) in [6.07, 6.45) is 3.01. The monoisotopic (exact) mass is 250 g/mol. The fourth-order valence-corrected chi connectivity index (χ4v) is 2.07. The molecule has 1 fully saturated rings. The van der Waals surface area contributed by atoms with Crippen molar-refractivity contribution >= 4 is 11.8 Å². The first-order valence-corrected chi connectivity index (χ1v) is 6.18. The zero-order valence-corrected chi connectivity index (χ0v) is 10.7. The highest BCUT2D eigenvalue weighted by Crippen LogP contribution is 2.11. The van der Waals surface area contributed by atoms with Crippen molar-refractivity contribution in [3.63, 3.8) is 0 Å². The maximum absolute atomic E-state index is 11.7. The normalized spacial score (nSPS) is 19.9. The first-order chi connectivity index (χ1) is 8.63. The Kier molecular flexibility index (Phi) is 3.76. The summed E-state index contributed by atoms with van der Waals surface area (Å²) in [5.41, 5.74) is 1.03. The molecule has 1 unspecified atom stereocenters. The van der Waals surface area contributed by atoms with Crippen molar-refractivity contribution in [1.29, 1.82) is 0 Å². The van der Waals surface area contributed by atoms with E-state index >= 15 is 0 Å². The van der Waals surface area contributed by atoms with Crippen molar-refractivity contribution in [3.05, 3.63) is 18.0 Å². The molecule has 1 N–H and O–H groups in total. The summed E-state index contributed by atoms with van der Waals surface area (Å²) in [7, 11) is 1.52. The average Bonchev–Trinajstić information content (AvgIpc) is 2.88. The Bertz CT molecular complexity index is 455. The van der Waals surface area contributed by atoms with Gasteiger partial charge in [-0.2, -0.15) is 5.10 Å². The third-order valence-electron chi connectivity index (χ3n) is 3.15. The van der Waals surface area contributed by atoms with E-state index in [2.05, 4.69) is 17.3 Å². The van der Waals surface area contributed by atoms with Crippen LogP contribution in [0.1, 0.15) is 25.5 Å². The number of carbonyl (C=O) groups is 2. The molecule has 6 nitrogen and oxygen atoms in total. The summed E-state index contributed by atoms with van der Waals surface area (Å²) < 4.78 is 1.91. The molecule has 0 spiro atoms. The Balaban J connectivity index is 1.94. The van der Waals surface area contributed by atoms with E-state index in [1.807, 2.05) is 10.7 Å². The van der Waals surface area contributed by atoms with Gasteiger partial charge in [-0.15, -0.1) is 0 Å². The molecule has 1 aliphatic heterocycles. The van der Waals surface area contributed by atoms with Gasteiger partial charge in [0.05, 0.1) is 18.2 Å². The molecule has 18 heavy (non-hydrogen) atoms. The Labute approximate surface area is 106 Å². The van der Waals surface area contributed by atoms with Gasteiger partial charge in [-0.25, -0.2) is 0 Å². The van der Waals surface area contributed by atoms with E-state index in [1.54, 1.807) is 6.20 Å². The van der Waals surface area contributed by atoms with Crippen LogP contribution in [0.15, 0.2) is 12.3 Å². The van der Waals surface area contributed by atoms with Crippen molar-refractivity contribution in [3.8, 4) is 0 Å². The molecular formula is C12H18N4O2. The molecule has 1 saturated heterocycles. The molecule has 0 aromatic carbocycles. The Morgan fingerprint density at radius 2 is 2.28 bits per heavy atom. The van der Waals surface area contributed by atoms with Gasteiger partial charge in [0, 0.05) is 26.3 Å². The second-order valence-corrected chi connectivity index (χ2v) is 4.47. The van der Waals surface area contributed by atoms with Crippen LogP contribution in [-0.2, 0) is 22.7 Å². The first kappa shape index (κ1) is 12.8. The highest BCUT2D eigenvalue weighted by Gasteiger charge is 2.35. The molecule has 2 amide bonds. The zero-order valence-electron chi connectivity index (χ0n) is 10.7. The fourth-order valence-electron chi connectivity index (χ4n) is 2.07. The summed E-state index contributed by atoms with van der Waals surface area (Å²) in [4.78, 5) is 24.3. The van der Waals surface area contributed by atoms with Gasteiger partial charge < -0.3 is 0 Å². The standard InChI is InChI=1S/C12H18N4O2/c1-3-6-16-9(4-5-14-16)8-13-10-7-11(17)15(2)12(10)18/h4-5,10,13H,3,6-8H2,1-2H3. The van der Waals surface area contributed by atoms with Crippen molar-refractivity contribution < 1.29 is 9.59 Å². The maximum Gasteiger partial charge on any atom is 0.246 e. The molecule has 0 saturated carbocycles. The lowest BCUT2D eigenvalue weighted by atomic mass is 10.2. The summed E-state index contributed by atoms with van der Waals surface area (Å²) in [5, 5.41) is 7.33. The van der Waals surface area contributed by atoms with Gasteiger partial charge in [0.25, 0.3) is 0 Å². The Morgan fingerprint density at radius 1 is 1.50 bits per heavy atom. The smallest absolute Gasteiger partial charge is 0.246 e. The molecule has 0 aliphatic carbocycles. The number of hydrogen-bond acceptors (Lipinski definition) is 4. The molecule has 1 aliphatic rings. The maximum atomic E-state index is 11.7. The number of imide groups is 1. The molecule has 0 radical (unpaired) electrons. The van der Waals surface area contributed by atoms with E-state index in [1.165, 1.54) is 11.9 Å². The largest absolute Gasteiger partial charge is 0.300 e. The van der Waals surface area contributed by atoms with Crippen LogP contribution in [0.5, 0.6) is 0 Å². The second kappa shape index (κ2) is 5.30. The van der Waals surface area contributed by atoms with Crippen LogP contribution in [0, 0.1) is 0 Å². The summed E-state index contributed by atoms with van der Waals surface area (Å²) >= 11 is 0. The van der Waals surface area contributed by atoms with Gasteiger partial charge >= 0.3 is 0 Å². The number of likely N-dealkylation sites (N-methyl/N-ethyl adjacent to an activating group) is 1. The molecular weight excluding hydrogens is 232 g/mol. The Hall–Kier alpha value is -1.69. The molecule has 2 heterocycles. The minimum absolute atomic E-state index is 0.125. The number of aryl methyl sites for hydroxylation is 1. The third kappa shape index (κ3) is 2.43. The zero-order chi connectivity index (χ0) is 13.1. The molecule has 98 valence electrons. The molecule has 2 rings (SSSR count). The lowest BCUT2D eigenvalue weighted by Gasteiger charge is -2.12. The van der Waals surface area contributed by atoms with Crippen LogP contribution in [0.3, 0.4) is 0 Å². The lowest BCUT2D eigenvalue weighted by Crippen LogP contribution is -2.37. The van der Waals surface area contributed by atoms with Gasteiger partial charge in [0.1, 0.15) is 0 Å². The summed E-state index contributed by atoms with van der Waals surface area (Å²) in [6.45, 7) is 3.51. The van der Waals surface area contributed by atoms with Crippen molar-refractivity contribution in [2.45, 2.75) is 38.9 Å². The number of nitrogens with zero attached hydrogens (tertiary/aromatic N) is 3. The highest BCUT2D eigenvalue weighted by molar-refractivity contribution is 6.05. The number of nitrogens with one attached hydrogen (secondary N) is 1. The fraction of sp³-hybridized carbons (Fsp3) is 0.583. The number of hydrogen-bond donors (Lipinski definition) is 1. The summed E-state index contributed by atoms with van der Waals surface area (Å²) in [5.74, 6) is -0.277. The van der Waals surface area contributed by atoms with E-state index in [4.69, 9.17) is 0 Å². The van der Waals surface area contributed by atoms with Crippen molar-refractivity contribution in [1.82, 2.24) is 20.0 Å². The highest BCUT2D eigenvalue weighted by atomic mass is 16.2. The van der Waals surface area contributed by atoms with E-state index < -0.39 is 6.04 Å². The quantitative estimate of drug-likeness (QED) is 0.755. The van der Waals surface area contributed by atoms with Gasteiger partial charge in [-0.1, -0.05) is 6.92 Å². The van der Waals surface area contributed by atoms with Crippen molar-refractivity contribution in [2.24, 2.45) is 0 Å². The predicted molar refractivity (Wildman–Crippen MR) is 65.5 cm³/mol. The predicted octanol–water partition coefficient (Wildman–Crippen LogP) is 0.140. The van der Waals surface area contributed by atoms with Crippen LogP contribution in [0.2, 0.25) is 0 Å². The van der Waals surface area contributed by atoms with E-state index in [0.29, 0.717) is 6.54 Å². The van der Waals surface area contributed by atoms with Gasteiger partial charge in [0.15, 0.2) is 0 Å². The SMILES string of the molecule is CCCn1nccc1CNC1CC(=O)N(C)C1=O. The topological polar surface area (TPSA) is 67.2 Å². The van der Waals surface area contributed by atoms with Gasteiger partial charge in [-0.05, 0) is 12.5 Å². The molecule has 1 atom stereocenters. The third-order valence-corrected chi connectivity index (χ3v) is 3.15. The van der Waals surface area contributed by atoms with Crippen LogP contribution >= 0.6 is 0 Å². The molecule has 1 aromatic heterocycles. The Morgan fingerprint density at radius 3 is 2.89 bits per heavy atom. The second-order valence-electron chi connectivity index (χ2n) is 4.47. The number of amides is 2. The minimum Gasteiger partial charge on any atom is -0.300 e. The van der Waals surface area contributed by atoms with E-state index in [0.717, 1.165) is 18.7 Å². The van der Waals surface area contributed by atoms with E-state index in [-0.39, 0.29) is 18.2 Å². The molecule has 1 aromatic rings. The average molecular weight is 250 g/mol. The van der Waals surface area contributed by atoms with E-state index in [9.17, 15) is 9.59 Å². The van der Waals surface area contributed by atoms with Gasteiger partial charge in [0.2, 0.25) is 11.8 Å². The summed E-state index contributed by atoms with van der Waals surface area (Å²) in [6, 6.07) is 1.53. The van der Waals surface area contributed by atoms with Crippen molar-refractivity contribution in [2.75, 3.05) is 7.05 Å². The number of aromatic nitrogens is 2. The van der Waals surface area contributed by atoms with Crippen LogP contribution < -0.4 is 5.32 Å². The number of rotatable bonds is 5. The van der Waals surface area contributed by atoms with Crippen LogP contribution in [0.25, 0.3) is 0 Å². The molecule has 6 heteroatoms. The lowest BCUT2D eigenvalue weighted by molar-refractivity contribution is -0.137. The molecule has 0 bridgehead atoms. The van der Waals surface area contributed by atoms with Crippen LogP contribution in [0.4, 0.5) is 0 Å². The van der Waals surface area contributed by atoms with Gasteiger partial charge in [-0.3, -0.25) is 24.5 Å².